The molecule has 19 heavy (non-hydrogen) atoms. The number of rotatable bonds is 7. The number of aliphatic hydroxyl groups is 1. The Morgan fingerprint density at radius 3 is 2.68 bits per heavy atom. The fourth-order valence-corrected chi connectivity index (χ4v) is 3.68. The summed E-state index contributed by atoms with van der Waals surface area (Å²) < 4.78 is 26.6. The summed E-state index contributed by atoms with van der Waals surface area (Å²) in [4.78, 5) is 4.15. The number of hydrogen-bond donors (Lipinski definition) is 2. The number of aromatic nitrogens is 1. The molecule has 0 radical (unpaired) electrons. The van der Waals surface area contributed by atoms with Gasteiger partial charge in [-0.3, -0.25) is 4.98 Å². The van der Waals surface area contributed by atoms with Gasteiger partial charge in [0.1, 0.15) is 4.90 Å². The van der Waals surface area contributed by atoms with Crippen LogP contribution < -0.4 is 5.73 Å². The molecule has 1 rings (SSSR count). The molecule has 0 bridgehead atoms. The van der Waals surface area contributed by atoms with E-state index >= 15 is 0 Å². The van der Waals surface area contributed by atoms with Gasteiger partial charge in [0.05, 0.1) is 5.69 Å². The molecule has 6 nitrogen and oxygen atoms in total. The van der Waals surface area contributed by atoms with Gasteiger partial charge < -0.3 is 10.8 Å². The molecule has 0 atom stereocenters. The minimum absolute atomic E-state index is 0.0461. The van der Waals surface area contributed by atoms with Crippen molar-refractivity contribution in [2.75, 3.05) is 13.2 Å². The first-order valence-electron chi connectivity index (χ1n) is 6.21. The predicted octanol–water partition coefficient (Wildman–Crippen LogP) is 0.322. The maximum Gasteiger partial charge on any atom is 0.245 e. The number of sulfonamides is 1. The molecular weight excluding hydrogens is 266 g/mol. The first-order chi connectivity index (χ1) is 8.95. The van der Waals surface area contributed by atoms with Crippen LogP contribution in [0.15, 0.2) is 23.2 Å². The lowest BCUT2D eigenvalue weighted by atomic mass is 10.3. The molecule has 0 spiro atoms. The van der Waals surface area contributed by atoms with Crippen LogP contribution in [0.1, 0.15) is 26.0 Å². The van der Waals surface area contributed by atoms with Gasteiger partial charge in [0.15, 0.2) is 0 Å². The minimum atomic E-state index is -3.64. The van der Waals surface area contributed by atoms with E-state index in [4.69, 9.17) is 10.8 Å². The second-order valence-corrected chi connectivity index (χ2v) is 6.30. The maximum absolute atomic E-state index is 12.6. The van der Waals surface area contributed by atoms with Crippen molar-refractivity contribution in [3.05, 3.63) is 24.0 Å². The van der Waals surface area contributed by atoms with Crippen molar-refractivity contribution < 1.29 is 13.5 Å². The number of aliphatic hydroxyl groups excluding tert-OH is 1. The highest BCUT2D eigenvalue weighted by Crippen LogP contribution is 2.20. The molecule has 3 N–H and O–H groups in total. The van der Waals surface area contributed by atoms with Crippen LogP contribution in [0.25, 0.3) is 0 Å². The number of nitrogens with zero attached hydrogens (tertiary/aromatic N) is 2. The quantitative estimate of drug-likeness (QED) is 0.753. The van der Waals surface area contributed by atoms with Gasteiger partial charge in [-0.25, -0.2) is 8.42 Å². The van der Waals surface area contributed by atoms with Gasteiger partial charge in [0.2, 0.25) is 10.0 Å². The summed E-state index contributed by atoms with van der Waals surface area (Å²) in [6.07, 6.45) is 1.92. The summed E-state index contributed by atoms with van der Waals surface area (Å²) >= 11 is 0. The van der Waals surface area contributed by atoms with E-state index in [1.165, 1.54) is 16.6 Å². The standard InChI is InChI=1S/C12H21N3O3S/c1-10(2)15(7-4-8-16)19(17,18)12-5-3-6-14-11(12)9-13/h3,5-6,10,16H,4,7-9,13H2,1-2H3. The highest BCUT2D eigenvalue weighted by atomic mass is 32.2. The SMILES string of the molecule is CC(C)N(CCCO)S(=O)(=O)c1cccnc1CN. The molecule has 0 fully saturated rings. The van der Waals surface area contributed by atoms with Crippen molar-refractivity contribution in [1.82, 2.24) is 9.29 Å². The summed E-state index contributed by atoms with van der Waals surface area (Å²) in [6, 6.07) is 2.90. The van der Waals surface area contributed by atoms with Crippen LogP contribution in [-0.2, 0) is 16.6 Å². The van der Waals surface area contributed by atoms with E-state index in [0.717, 1.165) is 0 Å². The van der Waals surface area contributed by atoms with E-state index in [1.807, 2.05) is 0 Å². The van der Waals surface area contributed by atoms with Crippen molar-refractivity contribution >= 4 is 10.0 Å². The highest BCUT2D eigenvalue weighted by molar-refractivity contribution is 7.89. The van der Waals surface area contributed by atoms with E-state index in [9.17, 15) is 8.42 Å². The normalized spacial score (nSPS) is 12.3. The lowest BCUT2D eigenvalue weighted by Crippen LogP contribution is -2.38. The second kappa shape index (κ2) is 6.95. The van der Waals surface area contributed by atoms with Crippen molar-refractivity contribution in [3.8, 4) is 0 Å². The van der Waals surface area contributed by atoms with Gasteiger partial charge in [-0.1, -0.05) is 0 Å². The molecule has 7 heteroatoms. The Balaban J connectivity index is 3.19. The molecule has 0 aromatic carbocycles. The maximum atomic E-state index is 12.6. The summed E-state index contributed by atoms with van der Waals surface area (Å²) in [7, 11) is -3.64. The molecule has 108 valence electrons. The number of nitrogens with two attached hydrogens (primary N) is 1. The first kappa shape index (κ1) is 16.0. The van der Waals surface area contributed by atoms with E-state index in [2.05, 4.69) is 4.98 Å². The van der Waals surface area contributed by atoms with Gasteiger partial charge in [-0.05, 0) is 32.4 Å². The third-order valence-electron chi connectivity index (χ3n) is 2.74. The van der Waals surface area contributed by atoms with E-state index in [0.29, 0.717) is 12.1 Å². The van der Waals surface area contributed by atoms with E-state index < -0.39 is 10.0 Å². The third-order valence-corrected chi connectivity index (χ3v) is 4.89. The van der Waals surface area contributed by atoms with Crippen molar-refractivity contribution in [2.24, 2.45) is 5.73 Å². The molecule has 1 aromatic heterocycles. The lowest BCUT2D eigenvalue weighted by Gasteiger charge is -2.26. The Morgan fingerprint density at radius 2 is 2.16 bits per heavy atom. The van der Waals surface area contributed by atoms with E-state index in [1.54, 1.807) is 19.9 Å². The third kappa shape index (κ3) is 3.73. The highest BCUT2D eigenvalue weighted by Gasteiger charge is 2.28. The summed E-state index contributed by atoms with van der Waals surface area (Å²) in [6.45, 7) is 3.90. The van der Waals surface area contributed by atoms with Crippen LogP contribution in [0.2, 0.25) is 0 Å². The van der Waals surface area contributed by atoms with Crippen LogP contribution in [-0.4, -0.2) is 42.0 Å². The van der Waals surface area contributed by atoms with Crippen LogP contribution in [0.5, 0.6) is 0 Å². The largest absolute Gasteiger partial charge is 0.396 e. The zero-order valence-corrected chi connectivity index (χ0v) is 12.1. The van der Waals surface area contributed by atoms with Crippen LogP contribution in [0, 0.1) is 0 Å². The second-order valence-electron chi connectivity index (χ2n) is 4.44. The van der Waals surface area contributed by atoms with Crippen LogP contribution in [0.3, 0.4) is 0 Å². The minimum Gasteiger partial charge on any atom is -0.396 e. The Bertz CT molecular complexity index is 503. The molecule has 0 saturated heterocycles. The van der Waals surface area contributed by atoms with Gasteiger partial charge >= 0.3 is 0 Å². The van der Waals surface area contributed by atoms with Crippen molar-refractivity contribution in [1.29, 1.82) is 0 Å². The monoisotopic (exact) mass is 287 g/mol. The van der Waals surface area contributed by atoms with Crippen molar-refractivity contribution in [3.63, 3.8) is 0 Å². The first-order valence-corrected chi connectivity index (χ1v) is 7.65. The molecule has 0 saturated carbocycles. The predicted molar refractivity (Wildman–Crippen MR) is 72.9 cm³/mol. The Hall–Kier alpha value is -1.02. The Labute approximate surface area is 114 Å². The average molecular weight is 287 g/mol. The van der Waals surface area contributed by atoms with E-state index in [-0.39, 0.29) is 30.6 Å². The van der Waals surface area contributed by atoms with Crippen molar-refractivity contribution in [2.45, 2.75) is 37.8 Å². The Kier molecular flexibility index (Phi) is 5.86. The summed E-state index contributed by atoms with van der Waals surface area (Å²) in [5, 5.41) is 8.88. The molecule has 0 amide bonds. The molecule has 0 aliphatic rings. The lowest BCUT2D eigenvalue weighted by molar-refractivity contribution is 0.258. The fraction of sp³-hybridized carbons (Fsp3) is 0.583. The van der Waals surface area contributed by atoms with Crippen LogP contribution in [0.4, 0.5) is 0 Å². The van der Waals surface area contributed by atoms with Gasteiger partial charge in [-0.15, -0.1) is 0 Å². The molecule has 0 aliphatic heterocycles. The summed E-state index contributed by atoms with van der Waals surface area (Å²) in [5.74, 6) is 0. The topological polar surface area (TPSA) is 96.5 Å². The zero-order chi connectivity index (χ0) is 14.5. The number of hydrogen-bond acceptors (Lipinski definition) is 5. The molecule has 1 aromatic rings. The fourth-order valence-electron chi connectivity index (χ4n) is 1.82. The van der Waals surface area contributed by atoms with Gasteiger partial charge in [-0.2, -0.15) is 4.31 Å². The average Bonchev–Trinajstić information content (AvgIpc) is 2.38. The molecule has 1 heterocycles. The zero-order valence-electron chi connectivity index (χ0n) is 11.3. The molecule has 0 aliphatic carbocycles. The Morgan fingerprint density at radius 1 is 1.47 bits per heavy atom. The molecular formula is C12H21N3O3S. The molecule has 0 unspecified atom stereocenters. The van der Waals surface area contributed by atoms with Gasteiger partial charge in [0.25, 0.3) is 0 Å². The smallest absolute Gasteiger partial charge is 0.245 e. The summed E-state index contributed by atoms with van der Waals surface area (Å²) in [5.41, 5.74) is 5.90. The van der Waals surface area contributed by atoms with Gasteiger partial charge in [0, 0.05) is 31.9 Å². The number of pyridine rings is 1. The van der Waals surface area contributed by atoms with Crippen LogP contribution >= 0.6 is 0 Å².